The maximum atomic E-state index is 10.3. The number of aliphatic hydroxyl groups excluding tert-OH is 1. The van der Waals surface area contributed by atoms with Gasteiger partial charge >= 0.3 is 0 Å². The van der Waals surface area contributed by atoms with Crippen LogP contribution in [-0.4, -0.2) is 11.2 Å². The van der Waals surface area contributed by atoms with Crippen LogP contribution in [0.4, 0.5) is 0 Å². The van der Waals surface area contributed by atoms with E-state index in [1.807, 2.05) is 0 Å². The van der Waals surface area contributed by atoms with Crippen LogP contribution >= 0.6 is 0 Å². The lowest BCUT2D eigenvalue weighted by atomic mass is 9.44. The average molecular weight is 413 g/mol. The van der Waals surface area contributed by atoms with E-state index in [9.17, 15) is 5.11 Å². The van der Waals surface area contributed by atoms with E-state index in [1.165, 1.54) is 51.4 Å². The van der Waals surface area contributed by atoms with Gasteiger partial charge in [-0.15, -0.1) is 0 Å². The van der Waals surface area contributed by atoms with E-state index in [0.29, 0.717) is 10.8 Å². The summed E-state index contributed by atoms with van der Waals surface area (Å²) in [6, 6.07) is 0. The predicted molar refractivity (Wildman–Crippen MR) is 126 cm³/mol. The Kier molecular flexibility index (Phi) is 5.28. The molecule has 4 fully saturated rings. The number of fused-ring (bicyclic) bond motifs is 5. The van der Waals surface area contributed by atoms with Gasteiger partial charge in [-0.3, -0.25) is 0 Å². The lowest BCUT2D eigenvalue weighted by molar-refractivity contribution is -0.129. The Hall–Kier alpha value is -0.300. The van der Waals surface area contributed by atoms with Crippen molar-refractivity contribution in [3.05, 3.63) is 11.1 Å². The fourth-order valence-corrected chi connectivity index (χ4v) is 10.3. The van der Waals surface area contributed by atoms with Crippen LogP contribution in [0, 0.1) is 58.2 Å². The summed E-state index contributed by atoms with van der Waals surface area (Å²) in [5.74, 6) is 7.12. The maximum absolute atomic E-state index is 10.3. The van der Waals surface area contributed by atoms with Crippen molar-refractivity contribution in [2.75, 3.05) is 0 Å². The molecule has 30 heavy (non-hydrogen) atoms. The maximum Gasteiger partial charge on any atom is 0.0543 e. The van der Waals surface area contributed by atoms with Crippen LogP contribution < -0.4 is 0 Å². The molecule has 4 saturated carbocycles. The van der Waals surface area contributed by atoms with Crippen molar-refractivity contribution in [2.24, 2.45) is 58.2 Å². The Labute approximate surface area is 186 Å². The molecule has 0 aliphatic heterocycles. The molecule has 4 unspecified atom stereocenters. The molecule has 0 radical (unpaired) electrons. The van der Waals surface area contributed by atoms with E-state index < -0.39 is 0 Å². The first-order valence-corrected chi connectivity index (χ1v) is 13.6. The molecule has 0 amide bonds. The van der Waals surface area contributed by atoms with Crippen LogP contribution in [0.2, 0.25) is 0 Å². The van der Waals surface area contributed by atoms with Crippen molar-refractivity contribution in [2.45, 2.75) is 112 Å². The molecule has 0 heterocycles. The summed E-state index contributed by atoms with van der Waals surface area (Å²) >= 11 is 0. The minimum Gasteiger partial charge on any atom is -0.393 e. The van der Waals surface area contributed by atoms with E-state index in [-0.39, 0.29) is 6.10 Å². The van der Waals surface area contributed by atoms with Gasteiger partial charge in [0.05, 0.1) is 6.10 Å². The molecule has 10 atom stereocenters. The highest BCUT2D eigenvalue weighted by Gasteiger charge is 2.60. The summed E-state index contributed by atoms with van der Waals surface area (Å²) in [6.07, 6.45) is 13.7. The van der Waals surface area contributed by atoms with Gasteiger partial charge in [-0.05, 0) is 123 Å². The van der Waals surface area contributed by atoms with Crippen LogP contribution in [0.1, 0.15) is 106 Å². The molecule has 170 valence electrons. The Balaban J connectivity index is 1.30. The molecule has 0 spiro atoms. The zero-order chi connectivity index (χ0) is 21.4. The molecule has 0 aromatic heterocycles. The topological polar surface area (TPSA) is 20.2 Å². The molecular formula is C29H48O. The molecule has 0 saturated heterocycles. The predicted octanol–water partition coefficient (Wildman–Crippen LogP) is 7.63. The molecule has 5 aliphatic carbocycles. The zero-order valence-electron chi connectivity index (χ0n) is 20.7. The van der Waals surface area contributed by atoms with Crippen molar-refractivity contribution < 1.29 is 5.11 Å². The van der Waals surface area contributed by atoms with Gasteiger partial charge in [0.1, 0.15) is 0 Å². The monoisotopic (exact) mass is 412 g/mol. The van der Waals surface area contributed by atoms with Crippen molar-refractivity contribution in [1.82, 2.24) is 0 Å². The molecule has 1 nitrogen and oxygen atoms in total. The third-order valence-corrected chi connectivity index (χ3v) is 11.9. The lowest BCUT2D eigenvalue weighted by Gasteiger charge is -2.61. The normalized spacial score (nSPS) is 51.4. The first-order chi connectivity index (χ1) is 14.2. The third-order valence-electron chi connectivity index (χ3n) is 11.9. The van der Waals surface area contributed by atoms with Gasteiger partial charge < -0.3 is 5.11 Å². The van der Waals surface area contributed by atoms with Crippen molar-refractivity contribution in [3.8, 4) is 0 Å². The minimum atomic E-state index is -0.0135. The van der Waals surface area contributed by atoms with Gasteiger partial charge in [-0.2, -0.15) is 0 Å². The van der Waals surface area contributed by atoms with Gasteiger partial charge in [0.25, 0.3) is 0 Å². The number of hydrogen-bond acceptors (Lipinski definition) is 1. The third kappa shape index (κ3) is 3.11. The van der Waals surface area contributed by atoms with E-state index in [0.717, 1.165) is 60.2 Å². The molecule has 0 aromatic carbocycles. The van der Waals surface area contributed by atoms with E-state index >= 15 is 0 Å². The van der Waals surface area contributed by atoms with Crippen molar-refractivity contribution in [3.63, 3.8) is 0 Å². The molecule has 5 aliphatic rings. The van der Waals surface area contributed by atoms with Crippen LogP contribution in [0.3, 0.4) is 0 Å². The SMILES string of the molecule is CC1=C(C(C)C)[C@H]1C[C@@H](C)C1CCC2C3CC[C@H]4C[C@@H](O)CC[C@]4(C)C3CC[C@@]21C. The van der Waals surface area contributed by atoms with Gasteiger partial charge in [0, 0.05) is 5.92 Å². The Morgan fingerprint density at radius 2 is 1.60 bits per heavy atom. The fourth-order valence-electron chi connectivity index (χ4n) is 10.3. The fraction of sp³-hybridized carbons (Fsp3) is 0.931. The average Bonchev–Trinajstić information content (AvgIpc) is 3.17. The van der Waals surface area contributed by atoms with Crippen LogP contribution in [0.25, 0.3) is 0 Å². The van der Waals surface area contributed by atoms with Gasteiger partial charge in [0.2, 0.25) is 0 Å². The smallest absolute Gasteiger partial charge is 0.0543 e. The molecule has 1 N–H and O–H groups in total. The quantitative estimate of drug-likeness (QED) is 0.470. The standard InChI is InChI=1S/C29H48O/c1-17(2)27-19(4)23(27)15-18(3)24-9-10-25-22-8-7-20-16-21(30)11-13-28(20,5)26(22)12-14-29(24,25)6/h17-18,20-26,30H,7-16H2,1-6H3/t18-,20+,21+,22?,23+,24?,25?,26?,28+,29-/m1/s1. The summed E-state index contributed by atoms with van der Waals surface area (Å²) in [7, 11) is 0. The van der Waals surface area contributed by atoms with Crippen molar-refractivity contribution in [1.29, 1.82) is 0 Å². The minimum absolute atomic E-state index is 0.0135. The second-order valence-corrected chi connectivity index (χ2v) is 13.4. The number of allylic oxidation sites excluding steroid dienone is 2. The van der Waals surface area contributed by atoms with E-state index in [1.54, 1.807) is 11.1 Å². The number of rotatable bonds is 4. The second-order valence-electron chi connectivity index (χ2n) is 13.4. The lowest BCUT2D eigenvalue weighted by Crippen LogP contribution is -2.54. The molecule has 1 heteroatoms. The largest absolute Gasteiger partial charge is 0.393 e. The van der Waals surface area contributed by atoms with Crippen LogP contribution in [0.15, 0.2) is 11.1 Å². The summed E-state index contributed by atoms with van der Waals surface area (Å²) < 4.78 is 0. The highest BCUT2D eigenvalue weighted by atomic mass is 16.3. The summed E-state index contributed by atoms with van der Waals surface area (Å²) in [6.45, 7) is 15.1. The Morgan fingerprint density at radius 1 is 0.900 bits per heavy atom. The molecule has 0 bridgehead atoms. The second kappa shape index (κ2) is 7.36. The summed E-state index contributed by atoms with van der Waals surface area (Å²) in [4.78, 5) is 0. The molecular weight excluding hydrogens is 364 g/mol. The Morgan fingerprint density at radius 3 is 2.30 bits per heavy atom. The Bertz CT molecular complexity index is 705. The van der Waals surface area contributed by atoms with Gasteiger partial charge in [-0.1, -0.05) is 45.8 Å². The highest BCUT2D eigenvalue weighted by molar-refractivity contribution is 5.40. The van der Waals surface area contributed by atoms with E-state index in [2.05, 4.69) is 41.5 Å². The molecule has 5 rings (SSSR count). The highest BCUT2D eigenvalue weighted by Crippen LogP contribution is 2.68. The number of aliphatic hydroxyl groups is 1. The molecule has 0 aromatic rings. The summed E-state index contributed by atoms with van der Waals surface area (Å²) in [5.41, 5.74) is 4.63. The van der Waals surface area contributed by atoms with Gasteiger partial charge in [0.15, 0.2) is 0 Å². The van der Waals surface area contributed by atoms with Crippen LogP contribution in [-0.2, 0) is 0 Å². The van der Waals surface area contributed by atoms with Crippen LogP contribution in [0.5, 0.6) is 0 Å². The van der Waals surface area contributed by atoms with Gasteiger partial charge in [-0.25, -0.2) is 0 Å². The van der Waals surface area contributed by atoms with Crippen molar-refractivity contribution >= 4 is 0 Å². The van der Waals surface area contributed by atoms with E-state index in [4.69, 9.17) is 0 Å². The first-order valence-electron chi connectivity index (χ1n) is 13.6. The first kappa shape index (κ1) is 21.5. The zero-order valence-corrected chi connectivity index (χ0v) is 20.7. The summed E-state index contributed by atoms with van der Waals surface area (Å²) in [5, 5.41) is 10.3. The number of hydrogen-bond donors (Lipinski definition) is 1.